The van der Waals surface area contributed by atoms with Crippen LogP contribution in [0, 0.1) is 4.77 Å². The third-order valence-electron chi connectivity index (χ3n) is 1.51. The van der Waals surface area contributed by atoms with Gasteiger partial charge in [0.1, 0.15) is 12.0 Å². The second kappa shape index (κ2) is 2.98. The van der Waals surface area contributed by atoms with Crippen LogP contribution < -0.4 is 0 Å². The number of H-pyrrole nitrogens is 2. The highest BCUT2D eigenvalue weighted by atomic mass is 32.1. The zero-order valence-electron chi connectivity index (χ0n) is 6.48. The average Bonchev–Trinajstić information content (AvgIpc) is 2.63. The van der Waals surface area contributed by atoms with Gasteiger partial charge >= 0.3 is 0 Å². The van der Waals surface area contributed by atoms with Gasteiger partial charge in [-0.05, 0) is 18.3 Å². The Balaban J connectivity index is 2.42. The van der Waals surface area contributed by atoms with Crippen LogP contribution in [0.15, 0.2) is 15.7 Å². The van der Waals surface area contributed by atoms with E-state index in [1.165, 1.54) is 6.34 Å². The predicted molar refractivity (Wildman–Crippen MR) is 52.6 cm³/mol. The first kappa shape index (κ1) is 7.93. The molecule has 0 aromatic carbocycles. The molecule has 0 atom stereocenters. The molecule has 0 aliphatic carbocycles. The number of rotatable bonds is 1. The Hall–Kier alpha value is -1.69. The van der Waals surface area contributed by atoms with Crippen LogP contribution in [0.3, 0.4) is 0 Å². The van der Waals surface area contributed by atoms with Gasteiger partial charge in [0.15, 0.2) is 4.77 Å². The first-order chi connectivity index (χ1) is 6.25. The highest BCUT2D eigenvalue weighted by molar-refractivity contribution is 7.71. The Kier molecular flexibility index (Phi) is 1.82. The third kappa shape index (κ3) is 1.57. The molecule has 0 spiro atoms. The lowest BCUT2D eigenvalue weighted by Crippen LogP contribution is -1.77. The molecule has 0 saturated heterocycles. The number of hydrogen-bond acceptors (Lipinski definition) is 4. The average molecular weight is 194 g/mol. The van der Waals surface area contributed by atoms with E-state index in [0.717, 1.165) is 0 Å². The minimum atomic E-state index is 0.00741. The Labute approximate surface area is 78.6 Å². The molecule has 2 heterocycles. The molecule has 5 nitrogen and oxygen atoms in total. The van der Waals surface area contributed by atoms with Crippen LogP contribution in [0.25, 0.3) is 6.08 Å². The van der Waals surface area contributed by atoms with Crippen molar-refractivity contribution in [3.05, 3.63) is 16.2 Å². The smallest absolute Gasteiger partial charge is 0.215 e. The van der Waals surface area contributed by atoms with Crippen LogP contribution in [0.1, 0.15) is 5.69 Å². The summed E-state index contributed by atoms with van der Waals surface area (Å²) in [6.45, 7) is 0. The van der Waals surface area contributed by atoms with Crippen molar-refractivity contribution in [2.45, 2.75) is 0 Å². The van der Waals surface area contributed by atoms with Crippen molar-refractivity contribution in [3.63, 3.8) is 0 Å². The van der Waals surface area contributed by atoms with Crippen LogP contribution in [0.5, 0.6) is 5.88 Å². The molecule has 1 aliphatic rings. The van der Waals surface area contributed by atoms with Crippen molar-refractivity contribution in [1.82, 2.24) is 9.97 Å². The van der Waals surface area contributed by atoms with E-state index < -0.39 is 0 Å². The molecule has 1 aromatic rings. The molecule has 0 unspecified atom stereocenters. The lowest BCUT2D eigenvalue weighted by atomic mass is 10.3. The second-order valence-corrected chi connectivity index (χ2v) is 2.84. The van der Waals surface area contributed by atoms with Crippen LogP contribution in [0.4, 0.5) is 0 Å². The lowest BCUT2D eigenvalue weighted by Gasteiger charge is -1.88. The number of aromatic amines is 2. The quantitative estimate of drug-likeness (QED) is 0.588. The van der Waals surface area contributed by atoms with E-state index in [-0.39, 0.29) is 5.88 Å². The van der Waals surface area contributed by atoms with Gasteiger partial charge in [-0.15, -0.1) is 0 Å². The van der Waals surface area contributed by atoms with Gasteiger partial charge in [-0.1, -0.05) is 0 Å². The maximum Gasteiger partial charge on any atom is 0.215 e. The summed E-state index contributed by atoms with van der Waals surface area (Å²) in [6, 6.07) is 0. The number of nitrogens with zero attached hydrogens (tertiary/aromatic N) is 2. The Morgan fingerprint density at radius 2 is 2.31 bits per heavy atom. The van der Waals surface area contributed by atoms with Gasteiger partial charge in [0.25, 0.3) is 0 Å². The highest BCUT2D eigenvalue weighted by Gasteiger charge is 2.02. The number of hydrogen-bond donors (Lipinski definition) is 3. The minimum absolute atomic E-state index is 0.00741. The van der Waals surface area contributed by atoms with Gasteiger partial charge in [0, 0.05) is 0 Å². The molecule has 0 fully saturated rings. The molecule has 0 saturated carbocycles. The molecule has 1 aliphatic heterocycles. The van der Waals surface area contributed by atoms with Crippen LogP contribution in [0.2, 0.25) is 0 Å². The van der Waals surface area contributed by atoms with Gasteiger partial charge < -0.3 is 15.1 Å². The first-order valence-corrected chi connectivity index (χ1v) is 3.95. The van der Waals surface area contributed by atoms with E-state index in [2.05, 4.69) is 20.0 Å². The predicted octanol–water partition coefficient (Wildman–Crippen LogP) is 1.23. The second-order valence-electron chi connectivity index (χ2n) is 2.43. The van der Waals surface area contributed by atoms with E-state index in [0.29, 0.717) is 16.2 Å². The number of aliphatic imine (C=N–C) groups is 2. The van der Waals surface area contributed by atoms with Crippen molar-refractivity contribution in [3.8, 4) is 5.88 Å². The first-order valence-electron chi connectivity index (χ1n) is 3.54. The van der Waals surface area contributed by atoms with Gasteiger partial charge in [-0.25, -0.2) is 9.98 Å². The summed E-state index contributed by atoms with van der Waals surface area (Å²) >= 11 is 4.79. The summed E-state index contributed by atoms with van der Waals surface area (Å²) in [4.78, 5) is 13.0. The fraction of sp³-hybridized carbons (Fsp3) is 0. The summed E-state index contributed by atoms with van der Waals surface area (Å²) in [5, 5.41) is 9.30. The SMILES string of the molecule is Oc1[nH]c(=S)[nH]c1/C=C1\C=NC=N1. The molecule has 0 amide bonds. The number of imidazole rings is 1. The van der Waals surface area contributed by atoms with Crippen LogP contribution in [-0.4, -0.2) is 27.6 Å². The number of nitrogens with one attached hydrogen (secondary N) is 2. The van der Waals surface area contributed by atoms with Crippen molar-refractivity contribution in [2.24, 2.45) is 9.98 Å². The number of allylic oxidation sites excluding steroid dienone is 1. The summed E-state index contributed by atoms with van der Waals surface area (Å²) in [7, 11) is 0. The molecule has 66 valence electrons. The zero-order chi connectivity index (χ0) is 9.26. The Morgan fingerprint density at radius 3 is 2.85 bits per heavy atom. The van der Waals surface area contributed by atoms with E-state index in [4.69, 9.17) is 12.2 Å². The standard InChI is InChI=1S/C7H6N4OS/c12-6-5(10-7(13)11-6)1-4-2-8-3-9-4/h1-3,12H,(H2,10,11,13)/b4-1+. The Morgan fingerprint density at radius 1 is 1.46 bits per heavy atom. The van der Waals surface area contributed by atoms with Gasteiger partial charge in [0.05, 0.1) is 11.9 Å². The summed E-state index contributed by atoms with van der Waals surface area (Å²) in [5.41, 5.74) is 1.17. The van der Waals surface area contributed by atoms with Gasteiger partial charge in [0.2, 0.25) is 5.88 Å². The monoisotopic (exact) mass is 194 g/mol. The highest BCUT2D eigenvalue weighted by Crippen LogP contribution is 2.15. The number of aromatic nitrogens is 2. The van der Waals surface area contributed by atoms with E-state index in [1.807, 2.05) is 0 Å². The minimum Gasteiger partial charge on any atom is -0.493 e. The Bertz CT molecular complexity index is 451. The molecule has 3 N–H and O–H groups in total. The molecular weight excluding hydrogens is 188 g/mol. The van der Waals surface area contributed by atoms with Crippen molar-refractivity contribution >= 4 is 30.8 Å². The molecule has 1 aromatic heterocycles. The van der Waals surface area contributed by atoms with E-state index >= 15 is 0 Å². The molecular formula is C7H6N4OS. The third-order valence-corrected chi connectivity index (χ3v) is 1.71. The zero-order valence-corrected chi connectivity index (χ0v) is 7.30. The van der Waals surface area contributed by atoms with E-state index in [1.54, 1.807) is 12.3 Å². The summed E-state index contributed by atoms with van der Waals surface area (Å²) < 4.78 is 0.378. The molecule has 0 bridgehead atoms. The van der Waals surface area contributed by atoms with Gasteiger partial charge in [-0.2, -0.15) is 0 Å². The van der Waals surface area contributed by atoms with Crippen molar-refractivity contribution in [2.75, 3.05) is 0 Å². The topological polar surface area (TPSA) is 76.5 Å². The fourth-order valence-corrected chi connectivity index (χ4v) is 1.16. The molecule has 0 radical (unpaired) electrons. The largest absolute Gasteiger partial charge is 0.493 e. The normalized spacial score (nSPS) is 17.4. The fourth-order valence-electron chi connectivity index (χ4n) is 0.958. The van der Waals surface area contributed by atoms with Crippen LogP contribution in [-0.2, 0) is 0 Å². The van der Waals surface area contributed by atoms with Gasteiger partial charge in [-0.3, -0.25) is 0 Å². The lowest BCUT2D eigenvalue weighted by molar-refractivity contribution is 0.455. The maximum absolute atomic E-state index is 9.30. The van der Waals surface area contributed by atoms with Crippen molar-refractivity contribution in [1.29, 1.82) is 0 Å². The molecule has 13 heavy (non-hydrogen) atoms. The molecule has 6 heteroatoms. The number of aromatic hydroxyl groups is 1. The van der Waals surface area contributed by atoms with Crippen LogP contribution >= 0.6 is 12.2 Å². The molecule has 2 rings (SSSR count). The van der Waals surface area contributed by atoms with E-state index in [9.17, 15) is 5.11 Å². The maximum atomic E-state index is 9.30. The van der Waals surface area contributed by atoms with Crippen molar-refractivity contribution < 1.29 is 5.11 Å². The summed E-state index contributed by atoms with van der Waals surface area (Å²) in [6.07, 6.45) is 4.67. The summed E-state index contributed by atoms with van der Waals surface area (Å²) in [5.74, 6) is 0.00741.